The van der Waals surface area contributed by atoms with Crippen LogP contribution in [0.3, 0.4) is 0 Å². The molecule has 0 saturated carbocycles. The molecule has 1 N–H and O–H groups in total. The molecule has 0 unspecified atom stereocenters. The van der Waals surface area contributed by atoms with Crippen molar-refractivity contribution in [2.45, 2.75) is 0 Å². The monoisotopic (exact) mass is 362 g/mol. The van der Waals surface area contributed by atoms with Crippen molar-refractivity contribution in [3.8, 4) is 0 Å². The standard InChI is InChI=1S/C21H22N4O2/c1-3-12-25-19-7-5-4-6-18(19)20(21(25)27)23-22-15-16-8-10-17(11-9-16)24(2)13-14-26/h3-11,15,26H,1,12-14H2,2H3/b22-15-,23-20-. The fourth-order valence-electron chi connectivity index (χ4n) is 2.92. The van der Waals surface area contributed by atoms with Crippen molar-refractivity contribution in [1.29, 1.82) is 0 Å². The van der Waals surface area contributed by atoms with E-state index in [-0.39, 0.29) is 12.5 Å². The second-order valence-electron chi connectivity index (χ2n) is 6.15. The van der Waals surface area contributed by atoms with Gasteiger partial charge in [0.1, 0.15) is 0 Å². The molecule has 1 aliphatic heterocycles. The molecule has 0 radical (unpaired) electrons. The second-order valence-corrected chi connectivity index (χ2v) is 6.15. The van der Waals surface area contributed by atoms with Crippen molar-refractivity contribution < 1.29 is 9.90 Å². The third-order valence-corrected chi connectivity index (χ3v) is 4.34. The van der Waals surface area contributed by atoms with Gasteiger partial charge in [-0.1, -0.05) is 36.4 Å². The highest BCUT2D eigenvalue weighted by atomic mass is 16.3. The summed E-state index contributed by atoms with van der Waals surface area (Å²) in [6.45, 7) is 4.82. The predicted octanol–water partition coefficient (Wildman–Crippen LogP) is 2.47. The lowest BCUT2D eigenvalue weighted by atomic mass is 10.1. The number of likely N-dealkylation sites (N-methyl/N-ethyl adjacent to an activating group) is 1. The number of carbonyl (C=O) groups is 1. The zero-order valence-electron chi connectivity index (χ0n) is 15.2. The Kier molecular flexibility index (Phi) is 5.78. The van der Waals surface area contributed by atoms with E-state index in [1.165, 1.54) is 0 Å². The number of rotatable bonds is 7. The average Bonchev–Trinajstić information content (AvgIpc) is 2.95. The van der Waals surface area contributed by atoms with E-state index in [9.17, 15) is 4.79 Å². The highest BCUT2D eigenvalue weighted by molar-refractivity contribution is 6.54. The molecule has 6 heteroatoms. The van der Waals surface area contributed by atoms with Gasteiger partial charge in [0.05, 0.1) is 18.5 Å². The minimum Gasteiger partial charge on any atom is -0.395 e. The zero-order valence-corrected chi connectivity index (χ0v) is 15.2. The van der Waals surface area contributed by atoms with Crippen LogP contribution >= 0.6 is 0 Å². The molecule has 0 saturated heterocycles. The molecule has 2 aromatic rings. The first-order valence-corrected chi connectivity index (χ1v) is 8.71. The summed E-state index contributed by atoms with van der Waals surface area (Å²) in [5.74, 6) is -0.172. The molecule has 1 aliphatic rings. The van der Waals surface area contributed by atoms with Crippen LogP contribution in [0.5, 0.6) is 0 Å². The van der Waals surface area contributed by atoms with Crippen molar-refractivity contribution in [2.75, 3.05) is 36.5 Å². The van der Waals surface area contributed by atoms with Gasteiger partial charge in [-0.15, -0.1) is 11.7 Å². The smallest absolute Gasteiger partial charge is 0.279 e. The molecule has 0 spiro atoms. The van der Waals surface area contributed by atoms with Crippen LogP contribution in [0.2, 0.25) is 0 Å². The molecule has 6 nitrogen and oxygen atoms in total. The molecule has 3 rings (SSSR count). The Morgan fingerprint density at radius 2 is 1.93 bits per heavy atom. The second kappa shape index (κ2) is 8.42. The molecule has 0 bridgehead atoms. The SMILES string of the molecule is C=CCN1C(=O)/C(=N\N=C/c2ccc(N(C)CCO)cc2)c2ccccc21. The number of hydrogen-bond donors (Lipinski definition) is 1. The van der Waals surface area contributed by atoms with Gasteiger partial charge in [0.2, 0.25) is 0 Å². The van der Waals surface area contributed by atoms with Crippen LogP contribution in [0, 0.1) is 0 Å². The van der Waals surface area contributed by atoms with Crippen LogP contribution < -0.4 is 9.80 Å². The molecule has 27 heavy (non-hydrogen) atoms. The first-order chi connectivity index (χ1) is 13.2. The Morgan fingerprint density at radius 3 is 2.63 bits per heavy atom. The summed E-state index contributed by atoms with van der Waals surface area (Å²) < 4.78 is 0. The summed E-state index contributed by atoms with van der Waals surface area (Å²) in [6, 6.07) is 15.3. The van der Waals surface area contributed by atoms with E-state index < -0.39 is 0 Å². The minimum absolute atomic E-state index is 0.107. The number of amides is 1. The number of aliphatic hydroxyl groups is 1. The molecule has 1 amide bonds. The molecule has 0 atom stereocenters. The van der Waals surface area contributed by atoms with Crippen LogP contribution in [0.15, 0.2) is 71.4 Å². The fourth-order valence-corrected chi connectivity index (χ4v) is 2.92. The van der Waals surface area contributed by atoms with Crippen LogP contribution in [0.25, 0.3) is 0 Å². The van der Waals surface area contributed by atoms with Gasteiger partial charge >= 0.3 is 0 Å². The number of anilines is 2. The first kappa shape index (κ1) is 18.5. The van der Waals surface area contributed by atoms with Crippen molar-refractivity contribution in [2.24, 2.45) is 10.2 Å². The van der Waals surface area contributed by atoms with Gasteiger partial charge in [-0.05, 0) is 23.8 Å². The number of aliphatic hydroxyl groups excluding tert-OH is 1. The summed E-state index contributed by atoms with van der Waals surface area (Å²) in [5, 5.41) is 17.3. The van der Waals surface area contributed by atoms with E-state index in [1.807, 2.05) is 60.5 Å². The Labute approximate surface area is 158 Å². The van der Waals surface area contributed by atoms with Gasteiger partial charge < -0.3 is 14.9 Å². The maximum Gasteiger partial charge on any atom is 0.279 e. The number of hydrogen-bond acceptors (Lipinski definition) is 5. The maximum absolute atomic E-state index is 12.6. The fraction of sp³-hybridized carbons (Fsp3) is 0.190. The van der Waals surface area contributed by atoms with Crippen molar-refractivity contribution in [3.63, 3.8) is 0 Å². The third kappa shape index (κ3) is 3.96. The lowest BCUT2D eigenvalue weighted by molar-refractivity contribution is -0.112. The largest absolute Gasteiger partial charge is 0.395 e. The molecule has 138 valence electrons. The highest BCUT2D eigenvalue weighted by Gasteiger charge is 2.32. The number of fused-ring (bicyclic) bond motifs is 1. The van der Waals surface area contributed by atoms with E-state index in [0.717, 1.165) is 22.5 Å². The normalized spacial score (nSPS) is 14.8. The van der Waals surface area contributed by atoms with Gasteiger partial charge in [0.25, 0.3) is 5.91 Å². The van der Waals surface area contributed by atoms with E-state index in [0.29, 0.717) is 18.8 Å². The molecule has 0 aliphatic carbocycles. The Morgan fingerprint density at radius 1 is 1.19 bits per heavy atom. The Bertz CT molecular complexity index is 887. The van der Waals surface area contributed by atoms with Crippen molar-refractivity contribution >= 4 is 29.2 Å². The molecule has 1 heterocycles. The van der Waals surface area contributed by atoms with E-state index in [2.05, 4.69) is 16.8 Å². The summed E-state index contributed by atoms with van der Waals surface area (Å²) in [7, 11) is 1.92. The van der Waals surface area contributed by atoms with E-state index in [1.54, 1.807) is 17.2 Å². The molecule has 2 aromatic carbocycles. The first-order valence-electron chi connectivity index (χ1n) is 8.71. The summed E-state index contributed by atoms with van der Waals surface area (Å²) >= 11 is 0. The van der Waals surface area contributed by atoms with Crippen molar-refractivity contribution in [1.82, 2.24) is 0 Å². The Balaban J connectivity index is 1.79. The topological polar surface area (TPSA) is 68.5 Å². The van der Waals surface area contributed by atoms with Crippen LogP contribution in [0.1, 0.15) is 11.1 Å². The summed E-state index contributed by atoms with van der Waals surface area (Å²) in [4.78, 5) is 16.2. The zero-order chi connectivity index (χ0) is 19.2. The third-order valence-electron chi connectivity index (χ3n) is 4.34. The van der Waals surface area contributed by atoms with Crippen LogP contribution in [0.4, 0.5) is 11.4 Å². The highest BCUT2D eigenvalue weighted by Crippen LogP contribution is 2.29. The van der Waals surface area contributed by atoms with Gasteiger partial charge in [-0.3, -0.25) is 4.79 Å². The average molecular weight is 362 g/mol. The quantitative estimate of drug-likeness (QED) is 0.467. The number of nitrogens with zero attached hydrogens (tertiary/aromatic N) is 4. The number of para-hydroxylation sites is 1. The molecule has 0 aromatic heterocycles. The van der Waals surface area contributed by atoms with Gasteiger partial charge in [-0.25, -0.2) is 0 Å². The van der Waals surface area contributed by atoms with E-state index >= 15 is 0 Å². The summed E-state index contributed by atoms with van der Waals surface area (Å²) in [6.07, 6.45) is 3.31. The van der Waals surface area contributed by atoms with Gasteiger partial charge in [0, 0.05) is 31.4 Å². The lowest BCUT2D eigenvalue weighted by Crippen LogP contribution is -2.30. The number of carbonyl (C=O) groups excluding carboxylic acids is 1. The van der Waals surface area contributed by atoms with Crippen LogP contribution in [-0.2, 0) is 4.79 Å². The predicted molar refractivity (Wildman–Crippen MR) is 110 cm³/mol. The molecular weight excluding hydrogens is 340 g/mol. The number of benzene rings is 2. The van der Waals surface area contributed by atoms with Crippen molar-refractivity contribution in [3.05, 3.63) is 72.3 Å². The van der Waals surface area contributed by atoms with Gasteiger partial charge in [-0.2, -0.15) is 5.10 Å². The van der Waals surface area contributed by atoms with E-state index in [4.69, 9.17) is 5.11 Å². The van der Waals surface area contributed by atoms with Crippen LogP contribution in [-0.4, -0.2) is 49.7 Å². The summed E-state index contributed by atoms with van der Waals surface area (Å²) in [5.41, 5.74) is 3.83. The molecular formula is C21H22N4O2. The maximum atomic E-state index is 12.6. The molecule has 0 fully saturated rings. The minimum atomic E-state index is -0.172. The lowest BCUT2D eigenvalue weighted by Gasteiger charge is -2.17. The Hall–Kier alpha value is -3.25. The van der Waals surface area contributed by atoms with Gasteiger partial charge in [0.15, 0.2) is 5.71 Å².